The highest BCUT2D eigenvalue weighted by atomic mass is 79.9. The number of benzene rings is 2. The summed E-state index contributed by atoms with van der Waals surface area (Å²) in [5, 5.41) is 3.68. The summed E-state index contributed by atoms with van der Waals surface area (Å²) in [5.41, 5.74) is 0.744. The summed E-state index contributed by atoms with van der Waals surface area (Å²) < 4.78 is 40.7. The third-order valence-electron chi connectivity index (χ3n) is 4.54. The van der Waals surface area contributed by atoms with Crippen molar-refractivity contribution in [2.75, 3.05) is 26.2 Å². The Morgan fingerprint density at radius 1 is 1.04 bits per heavy atom. The number of hydrogen-bond acceptors (Lipinski definition) is 2. The highest BCUT2D eigenvalue weighted by molar-refractivity contribution is 9.10. The monoisotopic (exact) mass is 446 g/mol. The molecule has 0 aromatic heterocycles. The number of nitrogens with zero attached hydrogens (tertiary/aromatic N) is 1. The average Bonchev–Trinajstić information content (AvgIpc) is 2.87. The molecule has 1 saturated heterocycles. The van der Waals surface area contributed by atoms with E-state index in [1.807, 2.05) is 24.3 Å². The fraction of sp³-hybridized carbons (Fsp3) is 0.368. The predicted molar refractivity (Wildman–Crippen MR) is 101 cm³/mol. The number of nitrogens with one attached hydrogen (secondary N) is 1. The first-order valence-electron chi connectivity index (χ1n) is 8.43. The van der Waals surface area contributed by atoms with E-state index in [1.165, 1.54) is 12.1 Å². The van der Waals surface area contributed by atoms with Crippen LogP contribution in [0.3, 0.4) is 0 Å². The molecule has 1 atom stereocenters. The van der Waals surface area contributed by atoms with E-state index < -0.39 is 11.7 Å². The molecule has 7 heteroatoms. The zero-order chi connectivity index (χ0) is 18.7. The largest absolute Gasteiger partial charge is 0.416 e. The minimum atomic E-state index is -4.40. The van der Waals surface area contributed by atoms with Crippen LogP contribution in [0, 0.1) is 0 Å². The third kappa shape index (κ3) is 4.60. The molecule has 26 heavy (non-hydrogen) atoms. The average molecular weight is 448 g/mol. The van der Waals surface area contributed by atoms with Gasteiger partial charge < -0.3 is 5.32 Å². The molecule has 0 saturated carbocycles. The molecule has 2 aromatic carbocycles. The molecule has 0 aliphatic carbocycles. The summed E-state index contributed by atoms with van der Waals surface area (Å²) >= 11 is 9.78. The molecular formula is C19H19BrClF3N2. The van der Waals surface area contributed by atoms with Crippen molar-refractivity contribution in [2.24, 2.45) is 0 Å². The topological polar surface area (TPSA) is 15.3 Å². The zero-order valence-electron chi connectivity index (χ0n) is 14.0. The molecular weight excluding hydrogens is 429 g/mol. The van der Waals surface area contributed by atoms with E-state index in [0.717, 1.165) is 48.7 Å². The van der Waals surface area contributed by atoms with Gasteiger partial charge in [-0.25, -0.2) is 0 Å². The Bertz CT molecular complexity index is 741. The van der Waals surface area contributed by atoms with E-state index >= 15 is 0 Å². The number of alkyl halides is 3. The number of hydrogen-bond donors (Lipinski definition) is 1. The van der Waals surface area contributed by atoms with Gasteiger partial charge in [-0.1, -0.05) is 39.7 Å². The van der Waals surface area contributed by atoms with Gasteiger partial charge >= 0.3 is 6.18 Å². The standard InChI is InChI=1S/C19H19BrClF3N2/c20-15-5-2-13(3-6-15)18(26-10-1-8-25-9-11-26)16-12-14(19(22,23)24)4-7-17(16)21/h2-7,12,18,25H,1,8-11H2. The Labute approximate surface area is 164 Å². The molecule has 1 unspecified atom stereocenters. The Kier molecular flexibility index (Phi) is 6.28. The van der Waals surface area contributed by atoms with Crippen LogP contribution >= 0.6 is 27.5 Å². The van der Waals surface area contributed by atoms with E-state index in [2.05, 4.69) is 26.1 Å². The van der Waals surface area contributed by atoms with Crippen molar-refractivity contribution in [2.45, 2.75) is 18.6 Å². The van der Waals surface area contributed by atoms with E-state index in [9.17, 15) is 13.2 Å². The van der Waals surface area contributed by atoms with Crippen LogP contribution in [0.1, 0.15) is 29.2 Å². The van der Waals surface area contributed by atoms with Gasteiger partial charge in [-0.15, -0.1) is 0 Å². The highest BCUT2D eigenvalue weighted by Crippen LogP contribution is 2.38. The third-order valence-corrected chi connectivity index (χ3v) is 5.42. The first-order valence-corrected chi connectivity index (χ1v) is 9.60. The number of rotatable bonds is 3. The van der Waals surface area contributed by atoms with Gasteiger partial charge in [0, 0.05) is 29.1 Å². The smallest absolute Gasteiger partial charge is 0.315 e. The maximum atomic E-state index is 13.3. The molecule has 0 amide bonds. The van der Waals surface area contributed by atoms with Gasteiger partial charge in [0.15, 0.2) is 0 Å². The van der Waals surface area contributed by atoms with E-state index in [4.69, 9.17) is 11.6 Å². The van der Waals surface area contributed by atoms with Crippen molar-refractivity contribution < 1.29 is 13.2 Å². The van der Waals surface area contributed by atoms with Crippen LogP contribution in [-0.4, -0.2) is 31.1 Å². The van der Waals surface area contributed by atoms with E-state index in [1.54, 1.807) is 0 Å². The lowest BCUT2D eigenvalue weighted by molar-refractivity contribution is -0.137. The maximum absolute atomic E-state index is 13.3. The Balaban J connectivity index is 2.09. The summed E-state index contributed by atoms with van der Waals surface area (Å²) in [4.78, 5) is 2.20. The highest BCUT2D eigenvalue weighted by Gasteiger charge is 2.33. The molecule has 1 N–H and O–H groups in total. The van der Waals surface area contributed by atoms with Crippen LogP contribution in [0.2, 0.25) is 5.02 Å². The van der Waals surface area contributed by atoms with Crippen molar-refractivity contribution in [1.29, 1.82) is 0 Å². The van der Waals surface area contributed by atoms with Gasteiger partial charge in [0.1, 0.15) is 0 Å². The van der Waals surface area contributed by atoms with Gasteiger partial charge in [0.2, 0.25) is 0 Å². The minimum absolute atomic E-state index is 0.321. The van der Waals surface area contributed by atoms with Crippen LogP contribution in [0.25, 0.3) is 0 Å². The maximum Gasteiger partial charge on any atom is 0.416 e. The molecule has 3 rings (SSSR count). The molecule has 0 radical (unpaired) electrons. The molecule has 1 heterocycles. The van der Waals surface area contributed by atoms with Crippen molar-refractivity contribution in [1.82, 2.24) is 10.2 Å². The minimum Gasteiger partial charge on any atom is -0.315 e. The first-order chi connectivity index (χ1) is 12.4. The van der Waals surface area contributed by atoms with Crippen molar-refractivity contribution >= 4 is 27.5 Å². The Hall–Kier alpha value is -1.08. The second-order valence-electron chi connectivity index (χ2n) is 6.33. The zero-order valence-corrected chi connectivity index (χ0v) is 16.3. The van der Waals surface area contributed by atoms with Crippen molar-refractivity contribution in [3.8, 4) is 0 Å². The van der Waals surface area contributed by atoms with Gasteiger partial charge in [-0.3, -0.25) is 4.90 Å². The molecule has 1 aliphatic rings. The summed E-state index contributed by atoms with van der Waals surface area (Å²) in [6.07, 6.45) is -3.46. The summed E-state index contributed by atoms with van der Waals surface area (Å²) in [6, 6.07) is 10.9. The SMILES string of the molecule is FC(F)(F)c1ccc(Cl)c(C(c2ccc(Br)cc2)N2CCCNCC2)c1. The van der Waals surface area contributed by atoms with Gasteiger partial charge in [0.25, 0.3) is 0 Å². The fourth-order valence-electron chi connectivity index (χ4n) is 3.29. The molecule has 140 valence electrons. The lowest BCUT2D eigenvalue weighted by atomic mass is 9.95. The molecule has 2 nitrogen and oxygen atoms in total. The van der Waals surface area contributed by atoms with Crippen LogP contribution in [0.5, 0.6) is 0 Å². The summed E-state index contributed by atoms with van der Waals surface area (Å²) in [6.45, 7) is 3.23. The molecule has 0 spiro atoms. The molecule has 2 aromatic rings. The van der Waals surface area contributed by atoms with Crippen LogP contribution in [0.4, 0.5) is 13.2 Å². The van der Waals surface area contributed by atoms with Crippen LogP contribution in [0.15, 0.2) is 46.9 Å². The predicted octanol–water partition coefficient (Wildman–Crippen LogP) is 5.51. The number of halogens is 5. The fourth-order valence-corrected chi connectivity index (χ4v) is 3.77. The first kappa shape index (κ1) is 19.7. The molecule has 0 bridgehead atoms. The van der Waals surface area contributed by atoms with E-state index in [-0.39, 0.29) is 6.04 Å². The summed E-state index contributed by atoms with van der Waals surface area (Å²) in [5.74, 6) is 0. The molecule has 1 aliphatic heterocycles. The quantitative estimate of drug-likeness (QED) is 0.668. The lowest BCUT2D eigenvalue weighted by Crippen LogP contribution is -2.33. The van der Waals surface area contributed by atoms with Crippen molar-refractivity contribution in [3.05, 3.63) is 68.7 Å². The lowest BCUT2D eigenvalue weighted by Gasteiger charge is -2.32. The molecule has 1 fully saturated rings. The second-order valence-corrected chi connectivity index (χ2v) is 7.65. The van der Waals surface area contributed by atoms with Crippen molar-refractivity contribution in [3.63, 3.8) is 0 Å². The normalized spacial score (nSPS) is 17.7. The Morgan fingerprint density at radius 3 is 2.46 bits per heavy atom. The second kappa shape index (κ2) is 8.30. The Morgan fingerprint density at radius 2 is 1.77 bits per heavy atom. The van der Waals surface area contributed by atoms with Crippen LogP contribution < -0.4 is 5.32 Å². The van der Waals surface area contributed by atoms with E-state index in [0.29, 0.717) is 10.6 Å². The van der Waals surface area contributed by atoms with Gasteiger partial charge in [-0.2, -0.15) is 13.2 Å². The summed E-state index contributed by atoms with van der Waals surface area (Å²) in [7, 11) is 0. The van der Waals surface area contributed by atoms with Crippen LogP contribution in [-0.2, 0) is 6.18 Å². The van der Waals surface area contributed by atoms with Gasteiger partial charge in [-0.05, 0) is 54.4 Å². The van der Waals surface area contributed by atoms with Gasteiger partial charge in [0.05, 0.1) is 11.6 Å².